The number of methoxy groups -OCH3 is 1. The predicted molar refractivity (Wildman–Crippen MR) is 55.9 cm³/mol. The van der Waals surface area contributed by atoms with Crippen molar-refractivity contribution in [3.63, 3.8) is 0 Å². The van der Waals surface area contributed by atoms with Gasteiger partial charge in [-0.2, -0.15) is 0 Å². The van der Waals surface area contributed by atoms with E-state index in [0.717, 1.165) is 12.1 Å². The Bertz CT molecular complexity index is 377. The van der Waals surface area contributed by atoms with Crippen LogP contribution in [0.2, 0.25) is 0 Å². The number of ether oxygens (including phenoxy) is 1. The molecule has 1 atom stereocenters. The molecule has 0 heterocycles. The normalized spacial score (nSPS) is 12.2. The van der Waals surface area contributed by atoms with Crippen molar-refractivity contribution in [3.05, 3.63) is 35.4 Å². The molecule has 0 saturated heterocycles. The Kier molecular flexibility index (Phi) is 4.40. The van der Waals surface area contributed by atoms with Crippen LogP contribution >= 0.6 is 0 Å². The summed E-state index contributed by atoms with van der Waals surface area (Å²) < 4.78 is 30.2. The lowest BCUT2D eigenvalue weighted by Gasteiger charge is -2.12. The van der Waals surface area contributed by atoms with Crippen LogP contribution in [0.15, 0.2) is 18.2 Å². The van der Waals surface area contributed by atoms with Gasteiger partial charge >= 0.3 is 5.97 Å². The standard InChI is InChI=1S/C12H14F2O2/c1-3-9(12(15)16-2)6-8-4-5-10(13)11(14)7-8/h4-5,7,9H,3,6H2,1-2H3. The summed E-state index contributed by atoms with van der Waals surface area (Å²) >= 11 is 0. The average Bonchev–Trinajstić information content (AvgIpc) is 2.29. The molecule has 2 nitrogen and oxygen atoms in total. The molecule has 1 aromatic rings. The predicted octanol–water partition coefficient (Wildman–Crippen LogP) is 2.71. The molecular formula is C12H14F2O2. The van der Waals surface area contributed by atoms with Gasteiger partial charge in [-0.15, -0.1) is 0 Å². The van der Waals surface area contributed by atoms with Crippen LogP contribution in [-0.4, -0.2) is 13.1 Å². The first-order valence-electron chi connectivity index (χ1n) is 5.10. The Hall–Kier alpha value is -1.45. The van der Waals surface area contributed by atoms with Gasteiger partial charge in [-0.25, -0.2) is 8.78 Å². The fraction of sp³-hybridized carbons (Fsp3) is 0.417. The molecule has 1 unspecified atom stereocenters. The van der Waals surface area contributed by atoms with Crippen LogP contribution in [0, 0.1) is 17.6 Å². The summed E-state index contributed by atoms with van der Waals surface area (Å²) in [7, 11) is 1.32. The summed E-state index contributed by atoms with van der Waals surface area (Å²) in [5.41, 5.74) is 0.594. The van der Waals surface area contributed by atoms with Gasteiger partial charge in [0.05, 0.1) is 13.0 Å². The van der Waals surface area contributed by atoms with Crippen molar-refractivity contribution in [2.24, 2.45) is 5.92 Å². The van der Waals surface area contributed by atoms with E-state index in [4.69, 9.17) is 0 Å². The average molecular weight is 228 g/mol. The minimum atomic E-state index is -0.891. The minimum absolute atomic E-state index is 0.310. The number of carbonyl (C=O) groups excluding carboxylic acids is 1. The minimum Gasteiger partial charge on any atom is -0.469 e. The topological polar surface area (TPSA) is 26.3 Å². The highest BCUT2D eigenvalue weighted by Crippen LogP contribution is 2.16. The van der Waals surface area contributed by atoms with Crippen LogP contribution in [0.1, 0.15) is 18.9 Å². The molecule has 88 valence electrons. The summed E-state index contributed by atoms with van der Waals surface area (Å²) in [5.74, 6) is -2.41. The number of benzene rings is 1. The maximum Gasteiger partial charge on any atom is 0.308 e. The Morgan fingerprint density at radius 1 is 1.38 bits per heavy atom. The van der Waals surface area contributed by atoms with Gasteiger partial charge in [0, 0.05) is 0 Å². The number of hydrogen-bond donors (Lipinski definition) is 0. The van der Waals surface area contributed by atoms with Crippen LogP contribution < -0.4 is 0 Å². The first-order valence-corrected chi connectivity index (χ1v) is 5.10. The van der Waals surface area contributed by atoms with Crippen LogP contribution in [0.5, 0.6) is 0 Å². The molecule has 16 heavy (non-hydrogen) atoms. The second kappa shape index (κ2) is 5.58. The largest absolute Gasteiger partial charge is 0.469 e. The Labute approximate surface area is 93.2 Å². The molecule has 0 aliphatic rings. The first kappa shape index (κ1) is 12.6. The number of rotatable bonds is 4. The Morgan fingerprint density at radius 3 is 2.56 bits per heavy atom. The van der Waals surface area contributed by atoms with E-state index in [1.165, 1.54) is 13.2 Å². The van der Waals surface area contributed by atoms with E-state index in [1.54, 1.807) is 0 Å². The van der Waals surface area contributed by atoms with Gasteiger partial charge in [0.15, 0.2) is 11.6 Å². The maximum atomic E-state index is 12.9. The molecule has 0 radical (unpaired) electrons. The zero-order chi connectivity index (χ0) is 12.1. The number of carbonyl (C=O) groups is 1. The third kappa shape index (κ3) is 3.02. The fourth-order valence-electron chi connectivity index (χ4n) is 1.51. The van der Waals surface area contributed by atoms with E-state index >= 15 is 0 Å². The molecule has 0 spiro atoms. The molecule has 0 bridgehead atoms. The van der Waals surface area contributed by atoms with E-state index in [1.807, 2.05) is 6.92 Å². The highest BCUT2D eigenvalue weighted by Gasteiger charge is 2.17. The van der Waals surface area contributed by atoms with Gasteiger partial charge in [-0.3, -0.25) is 4.79 Å². The SMILES string of the molecule is CCC(Cc1ccc(F)c(F)c1)C(=O)OC. The smallest absolute Gasteiger partial charge is 0.308 e. The van der Waals surface area contributed by atoms with Crippen molar-refractivity contribution < 1.29 is 18.3 Å². The molecule has 0 aliphatic carbocycles. The number of halogens is 2. The fourth-order valence-corrected chi connectivity index (χ4v) is 1.51. The van der Waals surface area contributed by atoms with Crippen LogP contribution in [0.25, 0.3) is 0 Å². The molecule has 0 amide bonds. The third-order valence-corrected chi connectivity index (χ3v) is 2.49. The lowest BCUT2D eigenvalue weighted by atomic mass is 9.97. The molecule has 0 saturated carbocycles. The quantitative estimate of drug-likeness (QED) is 0.740. The van der Waals surface area contributed by atoms with Crippen molar-refractivity contribution in [2.45, 2.75) is 19.8 Å². The summed E-state index contributed by atoms with van der Waals surface area (Å²) in [4.78, 5) is 11.3. The van der Waals surface area contributed by atoms with Gasteiger partial charge in [0.1, 0.15) is 0 Å². The summed E-state index contributed by atoms with van der Waals surface area (Å²) in [6.45, 7) is 1.85. The maximum absolute atomic E-state index is 12.9. The molecule has 1 rings (SSSR count). The molecule has 0 aliphatic heterocycles. The summed E-state index contributed by atoms with van der Waals surface area (Å²) in [5, 5.41) is 0. The molecule has 4 heteroatoms. The van der Waals surface area contributed by atoms with E-state index in [0.29, 0.717) is 18.4 Å². The van der Waals surface area contributed by atoms with Crippen molar-refractivity contribution in [2.75, 3.05) is 7.11 Å². The van der Waals surface area contributed by atoms with E-state index in [-0.39, 0.29) is 11.9 Å². The monoisotopic (exact) mass is 228 g/mol. The summed E-state index contributed by atoms with van der Waals surface area (Å²) in [6.07, 6.45) is 0.964. The van der Waals surface area contributed by atoms with Gasteiger partial charge in [-0.1, -0.05) is 13.0 Å². The molecular weight excluding hydrogens is 214 g/mol. The van der Waals surface area contributed by atoms with Crippen molar-refractivity contribution in [3.8, 4) is 0 Å². The molecule has 0 fully saturated rings. The number of esters is 1. The number of hydrogen-bond acceptors (Lipinski definition) is 2. The second-order valence-electron chi connectivity index (χ2n) is 3.58. The third-order valence-electron chi connectivity index (χ3n) is 2.49. The Balaban J connectivity index is 2.78. The van der Waals surface area contributed by atoms with Crippen molar-refractivity contribution >= 4 is 5.97 Å². The van der Waals surface area contributed by atoms with Gasteiger partial charge in [0.25, 0.3) is 0 Å². The van der Waals surface area contributed by atoms with Crippen LogP contribution in [-0.2, 0) is 16.0 Å². The lowest BCUT2D eigenvalue weighted by Crippen LogP contribution is -2.17. The van der Waals surface area contributed by atoms with Gasteiger partial charge in [0.2, 0.25) is 0 Å². The Morgan fingerprint density at radius 2 is 2.06 bits per heavy atom. The summed E-state index contributed by atoms with van der Waals surface area (Å²) in [6, 6.07) is 3.65. The zero-order valence-electron chi connectivity index (χ0n) is 9.30. The van der Waals surface area contributed by atoms with E-state index in [2.05, 4.69) is 4.74 Å². The van der Waals surface area contributed by atoms with E-state index in [9.17, 15) is 13.6 Å². The van der Waals surface area contributed by atoms with Crippen LogP contribution in [0.3, 0.4) is 0 Å². The van der Waals surface area contributed by atoms with Crippen molar-refractivity contribution in [1.82, 2.24) is 0 Å². The van der Waals surface area contributed by atoms with Crippen LogP contribution in [0.4, 0.5) is 8.78 Å². The second-order valence-corrected chi connectivity index (χ2v) is 3.58. The molecule has 1 aromatic carbocycles. The highest BCUT2D eigenvalue weighted by atomic mass is 19.2. The first-order chi connectivity index (χ1) is 7.58. The van der Waals surface area contributed by atoms with E-state index < -0.39 is 11.6 Å². The van der Waals surface area contributed by atoms with Gasteiger partial charge < -0.3 is 4.74 Å². The molecule has 0 aromatic heterocycles. The van der Waals surface area contributed by atoms with Crippen molar-refractivity contribution in [1.29, 1.82) is 0 Å². The zero-order valence-corrected chi connectivity index (χ0v) is 9.30. The lowest BCUT2D eigenvalue weighted by molar-refractivity contribution is -0.145. The molecule has 0 N–H and O–H groups in total. The van der Waals surface area contributed by atoms with Gasteiger partial charge in [-0.05, 0) is 30.5 Å². The highest BCUT2D eigenvalue weighted by molar-refractivity contribution is 5.72.